The molecule has 5 nitrogen and oxygen atoms in total. The van der Waals surface area contributed by atoms with Gasteiger partial charge in [0.2, 0.25) is 0 Å². The number of benzene rings is 1. The van der Waals surface area contributed by atoms with Gasteiger partial charge < -0.3 is 20.4 Å². The first-order valence-corrected chi connectivity index (χ1v) is 6.63. The van der Waals surface area contributed by atoms with Crippen molar-refractivity contribution in [2.24, 2.45) is 0 Å². The van der Waals surface area contributed by atoms with Crippen LogP contribution in [0, 0.1) is 0 Å². The van der Waals surface area contributed by atoms with E-state index in [2.05, 4.69) is 5.32 Å². The number of nitrogens with zero attached hydrogens (tertiary/aromatic N) is 1. The first kappa shape index (κ1) is 12.6. The minimum absolute atomic E-state index is 0.0886. The summed E-state index contributed by atoms with van der Waals surface area (Å²) in [5, 5.41) is 22.4. The van der Waals surface area contributed by atoms with Crippen LogP contribution in [0.2, 0.25) is 0 Å². The standard InChI is InChI=1S/C14H18N2O3/c17-12-7-16(8-13(12)18)14(19)11-3-1-2-9-6-15-5-4-10(9)11/h1-3,12-13,15,17-18H,4-8H2/t12-,13+. The van der Waals surface area contributed by atoms with Crippen molar-refractivity contribution < 1.29 is 15.0 Å². The Kier molecular flexibility index (Phi) is 3.26. The van der Waals surface area contributed by atoms with Gasteiger partial charge in [0.15, 0.2) is 0 Å². The molecule has 1 saturated heterocycles. The van der Waals surface area contributed by atoms with Gasteiger partial charge in [0.25, 0.3) is 5.91 Å². The van der Waals surface area contributed by atoms with Gasteiger partial charge in [0.05, 0.1) is 12.2 Å². The van der Waals surface area contributed by atoms with Crippen LogP contribution in [0.1, 0.15) is 21.5 Å². The van der Waals surface area contributed by atoms with E-state index in [0.29, 0.717) is 5.56 Å². The highest BCUT2D eigenvalue weighted by Gasteiger charge is 2.33. The third-order valence-electron chi connectivity index (χ3n) is 3.92. The van der Waals surface area contributed by atoms with Crippen LogP contribution in [-0.4, -0.2) is 52.9 Å². The van der Waals surface area contributed by atoms with Gasteiger partial charge in [-0.2, -0.15) is 0 Å². The van der Waals surface area contributed by atoms with E-state index in [0.717, 1.165) is 30.6 Å². The molecule has 2 aliphatic rings. The molecule has 0 unspecified atom stereocenters. The second-order valence-corrected chi connectivity index (χ2v) is 5.21. The highest BCUT2D eigenvalue weighted by atomic mass is 16.3. The monoisotopic (exact) mass is 262 g/mol. The number of hydrogen-bond acceptors (Lipinski definition) is 4. The number of fused-ring (bicyclic) bond motifs is 1. The van der Waals surface area contributed by atoms with Crippen LogP contribution in [0.4, 0.5) is 0 Å². The summed E-state index contributed by atoms with van der Waals surface area (Å²) in [6.07, 6.45) is -0.814. The topological polar surface area (TPSA) is 72.8 Å². The third kappa shape index (κ3) is 2.25. The Bertz CT molecular complexity index is 493. The number of hydrogen-bond donors (Lipinski definition) is 3. The number of carbonyl (C=O) groups is 1. The van der Waals surface area contributed by atoms with Gasteiger partial charge in [-0.1, -0.05) is 12.1 Å². The van der Waals surface area contributed by atoms with Gasteiger partial charge in [-0.3, -0.25) is 4.79 Å². The lowest BCUT2D eigenvalue weighted by Crippen LogP contribution is -2.32. The Morgan fingerprint density at radius 3 is 2.74 bits per heavy atom. The highest BCUT2D eigenvalue weighted by molar-refractivity contribution is 5.96. The minimum atomic E-state index is -0.829. The van der Waals surface area contributed by atoms with Gasteiger partial charge in [0, 0.05) is 25.2 Å². The number of aliphatic hydroxyl groups is 2. The molecule has 0 spiro atoms. The zero-order chi connectivity index (χ0) is 13.4. The summed E-state index contributed by atoms with van der Waals surface area (Å²) in [5.41, 5.74) is 2.97. The smallest absolute Gasteiger partial charge is 0.254 e. The Morgan fingerprint density at radius 1 is 1.26 bits per heavy atom. The summed E-state index contributed by atoms with van der Waals surface area (Å²) in [6, 6.07) is 5.76. The molecule has 2 atom stereocenters. The lowest BCUT2D eigenvalue weighted by Gasteiger charge is -2.22. The number of rotatable bonds is 1. The number of aliphatic hydroxyl groups excluding tert-OH is 2. The maximum absolute atomic E-state index is 12.5. The van der Waals surface area contributed by atoms with E-state index in [1.54, 1.807) is 0 Å². The van der Waals surface area contributed by atoms with Crippen LogP contribution in [-0.2, 0) is 13.0 Å². The molecular weight excluding hydrogens is 244 g/mol. The molecule has 0 aromatic heterocycles. The molecule has 1 fully saturated rings. The molecule has 5 heteroatoms. The lowest BCUT2D eigenvalue weighted by atomic mass is 9.95. The number of amides is 1. The first-order chi connectivity index (χ1) is 9.16. The molecular formula is C14H18N2O3. The molecule has 1 amide bonds. The van der Waals surface area contributed by atoms with E-state index in [1.807, 2.05) is 18.2 Å². The number of likely N-dealkylation sites (tertiary alicyclic amines) is 1. The molecule has 102 valence electrons. The molecule has 3 N–H and O–H groups in total. The van der Waals surface area contributed by atoms with E-state index in [9.17, 15) is 15.0 Å². The number of carbonyl (C=O) groups excluding carboxylic acids is 1. The summed E-state index contributed by atoms with van der Waals surface area (Å²) in [5.74, 6) is -0.0886. The van der Waals surface area contributed by atoms with E-state index in [1.165, 1.54) is 4.90 Å². The van der Waals surface area contributed by atoms with Crippen molar-refractivity contribution in [2.75, 3.05) is 19.6 Å². The molecule has 1 aromatic carbocycles. The molecule has 0 saturated carbocycles. The fraction of sp³-hybridized carbons (Fsp3) is 0.500. The Morgan fingerprint density at radius 2 is 2.00 bits per heavy atom. The second kappa shape index (κ2) is 4.92. The summed E-state index contributed by atoms with van der Waals surface area (Å²) >= 11 is 0. The third-order valence-corrected chi connectivity index (χ3v) is 3.92. The Balaban J connectivity index is 1.88. The maximum Gasteiger partial charge on any atom is 0.254 e. The molecule has 2 aliphatic heterocycles. The summed E-state index contributed by atoms with van der Waals surface area (Å²) in [4.78, 5) is 14.0. The van der Waals surface area contributed by atoms with Crippen molar-refractivity contribution in [1.29, 1.82) is 0 Å². The predicted octanol–water partition coefficient (Wildman–Crippen LogP) is -0.490. The average molecular weight is 262 g/mol. The van der Waals surface area contributed by atoms with Gasteiger partial charge in [0.1, 0.15) is 0 Å². The van der Waals surface area contributed by atoms with Crippen LogP contribution in [0.3, 0.4) is 0 Å². The molecule has 0 bridgehead atoms. The van der Waals surface area contributed by atoms with Crippen molar-refractivity contribution in [1.82, 2.24) is 10.2 Å². The molecule has 2 heterocycles. The van der Waals surface area contributed by atoms with Crippen LogP contribution in [0.25, 0.3) is 0 Å². The number of β-amino-alcohol motifs (C(OH)–C–C–N with tert-alkyl or cyclic N) is 2. The first-order valence-electron chi connectivity index (χ1n) is 6.63. The fourth-order valence-electron chi connectivity index (χ4n) is 2.84. The van der Waals surface area contributed by atoms with Gasteiger partial charge >= 0.3 is 0 Å². The molecule has 0 aliphatic carbocycles. The summed E-state index contributed by atoms with van der Waals surface area (Å²) in [6.45, 7) is 2.09. The van der Waals surface area contributed by atoms with Gasteiger partial charge in [-0.25, -0.2) is 0 Å². The SMILES string of the molecule is O=C(c1cccc2c1CCNC2)N1C[C@@H](O)[C@@H](O)C1. The van der Waals surface area contributed by atoms with Gasteiger partial charge in [-0.15, -0.1) is 0 Å². The van der Waals surface area contributed by atoms with Crippen molar-refractivity contribution >= 4 is 5.91 Å². The molecule has 1 aromatic rings. The quantitative estimate of drug-likeness (QED) is 0.638. The Hall–Kier alpha value is -1.43. The van der Waals surface area contributed by atoms with E-state index >= 15 is 0 Å². The van der Waals surface area contributed by atoms with E-state index in [4.69, 9.17) is 0 Å². The van der Waals surface area contributed by atoms with Crippen molar-refractivity contribution in [3.63, 3.8) is 0 Å². The summed E-state index contributed by atoms with van der Waals surface area (Å²) in [7, 11) is 0. The molecule has 0 radical (unpaired) electrons. The second-order valence-electron chi connectivity index (χ2n) is 5.21. The van der Waals surface area contributed by atoms with Crippen LogP contribution in [0.5, 0.6) is 0 Å². The highest BCUT2D eigenvalue weighted by Crippen LogP contribution is 2.22. The average Bonchev–Trinajstić information content (AvgIpc) is 2.77. The van der Waals surface area contributed by atoms with Crippen LogP contribution >= 0.6 is 0 Å². The zero-order valence-corrected chi connectivity index (χ0v) is 10.7. The van der Waals surface area contributed by atoms with Crippen molar-refractivity contribution in [3.8, 4) is 0 Å². The van der Waals surface area contributed by atoms with Crippen molar-refractivity contribution in [2.45, 2.75) is 25.2 Å². The number of nitrogens with one attached hydrogen (secondary N) is 1. The zero-order valence-electron chi connectivity index (χ0n) is 10.7. The Labute approximate surface area is 111 Å². The van der Waals surface area contributed by atoms with Crippen LogP contribution < -0.4 is 5.32 Å². The van der Waals surface area contributed by atoms with Gasteiger partial charge in [-0.05, 0) is 30.2 Å². The maximum atomic E-state index is 12.5. The van der Waals surface area contributed by atoms with Crippen molar-refractivity contribution in [3.05, 3.63) is 34.9 Å². The summed E-state index contributed by atoms with van der Waals surface area (Å²) < 4.78 is 0. The normalized spacial score (nSPS) is 26.3. The molecule has 3 rings (SSSR count). The van der Waals surface area contributed by atoms with E-state index in [-0.39, 0.29) is 19.0 Å². The van der Waals surface area contributed by atoms with Crippen LogP contribution in [0.15, 0.2) is 18.2 Å². The lowest BCUT2D eigenvalue weighted by molar-refractivity contribution is 0.0572. The fourth-order valence-corrected chi connectivity index (χ4v) is 2.84. The molecule has 19 heavy (non-hydrogen) atoms. The minimum Gasteiger partial charge on any atom is -0.388 e. The largest absolute Gasteiger partial charge is 0.388 e. The van der Waals surface area contributed by atoms with E-state index < -0.39 is 12.2 Å². The predicted molar refractivity (Wildman–Crippen MR) is 69.8 cm³/mol.